The maximum Gasteiger partial charge on any atom is 0.335 e. The van der Waals surface area contributed by atoms with Gasteiger partial charge in [-0.3, -0.25) is 14.4 Å². The Balaban J connectivity index is 2.71. The number of aliphatic carboxylic acids is 1. The Morgan fingerprint density at radius 2 is 0.867 bits per heavy atom. The van der Waals surface area contributed by atoms with Gasteiger partial charge < -0.3 is 39.0 Å². The lowest BCUT2D eigenvalue weighted by Crippen LogP contribution is -2.61. The van der Waals surface area contributed by atoms with Crippen molar-refractivity contribution in [1.82, 2.24) is 0 Å². The number of hydrogen-bond acceptors (Lipinski definition) is 11. The molecule has 0 aromatic carbocycles. The van der Waals surface area contributed by atoms with E-state index in [2.05, 4.69) is 118 Å². The third-order valence-electron chi connectivity index (χ3n) is 12.6. The van der Waals surface area contributed by atoms with Gasteiger partial charge >= 0.3 is 23.9 Å². The third kappa shape index (κ3) is 40.6. The number of carboxylic acids is 1. The highest BCUT2D eigenvalue weighted by Crippen LogP contribution is 2.26. The number of carboxylic acid groups (broad SMARTS) is 1. The van der Waals surface area contributed by atoms with Crippen molar-refractivity contribution in [3.63, 3.8) is 0 Å². The molecule has 0 aromatic rings. The molecule has 6 unspecified atom stereocenters. The summed E-state index contributed by atoms with van der Waals surface area (Å²) in [5.74, 6) is -3.20. The highest BCUT2D eigenvalue weighted by atomic mass is 16.7. The first kappa shape index (κ1) is 68.7. The predicted octanol–water partition coefficient (Wildman–Crippen LogP) is 14.9. The summed E-state index contributed by atoms with van der Waals surface area (Å²) in [7, 11) is 0. The minimum Gasteiger partial charge on any atom is -0.479 e. The van der Waals surface area contributed by atoms with Gasteiger partial charge in [0, 0.05) is 19.3 Å². The highest BCUT2D eigenvalue weighted by Gasteiger charge is 2.50. The fraction of sp³-hybridized carbons (Fsp3) is 0.683. The first-order valence-corrected chi connectivity index (χ1v) is 29.2. The molecule has 12 heteroatoms. The Kier molecular flexibility index (Phi) is 46.2. The van der Waals surface area contributed by atoms with Gasteiger partial charge in [-0.15, -0.1) is 0 Å². The molecule has 426 valence electrons. The van der Waals surface area contributed by atoms with Crippen molar-refractivity contribution < 1.29 is 58.2 Å². The molecule has 1 rings (SSSR count). The van der Waals surface area contributed by atoms with E-state index in [4.69, 9.17) is 23.7 Å². The second-order valence-corrected chi connectivity index (χ2v) is 19.5. The number of ether oxygens (including phenoxy) is 5. The van der Waals surface area contributed by atoms with E-state index in [1.807, 2.05) is 0 Å². The average Bonchev–Trinajstić information content (AvgIpc) is 3.39. The summed E-state index contributed by atoms with van der Waals surface area (Å²) >= 11 is 0. The number of aliphatic hydroxyl groups excluding tert-OH is 2. The fourth-order valence-corrected chi connectivity index (χ4v) is 8.13. The number of carbonyl (C=O) groups is 4. The Bertz CT molecular complexity index is 1670. The molecule has 1 aliphatic heterocycles. The quantitative estimate of drug-likeness (QED) is 0.0228. The predicted molar refractivity (Wildman–Crippen MR) is 303 cm³/mol. The SMILES string of the molecule is CC/C=C\C/C=C\C/C=C\CCCCCC(=O)OCC(COC1OC(C(=O)O)C(O)C(O)C1OC(=O)CCCCCCCC/C=C\C/C=C\C/C=C\CCCCC)OC(=O)CCCCCCC/C=C\C/C=C\CCC. The molecule has 1 saturated heterocycles. The second kappa shape index (κ2) is 50.5. The minimum atomic E-state index is -1.92. The van der Waals surface area contributed by atoms with Crippen LogP contribution < -0.4 is 0 Å². The van der Waals surface area contributed by atoms with E-state index in [0.29, 0.717) is 19.3 Å². The van der Waals surface area contributed by atoms with E-state index < -0.39 is 67.3 Å². The van der Waals surface area contributed by atoms with Crippen molar-refractivity contribution >= 4 is 23.9 Å². The number of rotatable bonds is 48. The average molecular weight is 1050 g/mol. The molecule has 0 aliphatic carbocycles. The first-order chi connectivity index (χ1) is 36.6. The van der Waals surface area contributed by atoms with Crippen molar-refractivity contribution in [3.8, 4) is 0 Å². The Morgan fingerprint density at radius 3 is 1.35 bits per heavy atom. The van der Waals surface area contributed by atoms with Crippen LogP contribution >= 0.6 is 0 Å². The molecule has 0 saturated carbocycles. The molecule has 1 heterocycles. The number of hydrogen-bond donors (Lipinski definition) is 3. The zero-order valence-corrected chi connectivity index (χ0v) is 46.8. The van der Waals surface area contributed by atoms with Crippen molar-refractivity contribution in [2.75, 3.05) is 13.2 Å². The van der Waals surface area contributed by atoms with Crippen LogP contribution in [0.4, 0.5) is 0 Å². The van der Waals surface area contributed by atoms with E-state index in [1.54, 1.807) is 0 Å². The largest absolute Gasteiger partial charge is 0.479 e. The summed E-state index contributed by atoms with van der Waals surface area (Å²) in [4.78, 5) is 51.1. The number of allylic oxidation sites excluding steroid dienone is 16. The normalized spacial score (nSPS) is 18.9. The van der Waals surface area contributed by atoms with Crippen molar-refractivity contribution in [2.24, 2.45) is 0 Å². The summed E-state index contributed by atoms with van der Waals surface area (Å²) < 4.78 is 28.3. The Morgan fingerprint density at radius 1 is 0.453 bits per heavy atom. The van der Waals surface area contributed by atoms with Crippen molar-refractivity contribution in [2.45, 2.75) is 263 Å². The van der Waals surface area contributed by atoms with Gasteiger partial charge in [0.05, 0.1) is 6.61 Å². The summed E-state index contributed by atoms with van der Waals surface area (Å²) in [6.07, 6.45) is 53.8. The van der Waals surface area contributed by atoms with Crippen LogP contribution in [0.1, 0.15) is 226 Å². The molecule has 75 heavy (non-hydrogen) atoms. The summed E-state index contributed by atoms with van der Waals surface area (Å²) in [6, 6.07) is 0. The van der Waals surface area contributed by atoms with Gasteiger partial charge in [-0.25, -0.2) is 4.79 Å². The maximum absolute atomic E-state index is 13.1. The second-order valence-electron chi connectivity index (χ2n) is 19.5. The molecule has 0 spiro atoms. The molecular formula is C63H102O12. The van der Waals surface area contributed by atoms with Crippen LogP contribution in [-0.4, -0.2) is 89.2 Å². The van der Waals surface area contributed by atoms with Gasteiger partial charge in [-0.1, -0.05) is 189 Å². The van der Waals surface area contributed by atoms with Crippen molar-refractivity contribution in [3.05, 3.63) is 97.2 Å². The first-order valence-electron chi connectivity index (χ1n) is 29.2. The fourth-order valence-electron chi connectivity index (χ4n) is 8.13. The van der Waals surface area contributed by atoms with Gasteiger partial charge in [-0.2, -0.15) is 0 Å². The van der Waals surface area contributed by atoms with Crippen molar-refractivity contribution in [1.29, 1.82) is 0 Å². The lowest BCUT2D eigenvalue weighted by molar-refractivity contribution is -0.301. The molecule has 3 N–H and O–H groups in total. The number of carbonyl (C=O) groups excluding carboxylic acids is 3. The van der Waals surface area contributed by atoms with Gasteiger partial charge in [0.25, 0.3) is 0 Å². The molecule has 12 nitrogen and oxygen atoms in total. The minimum absolute atomic E-state index is 0.0370. The van der Waals surface area contributed by atoms with E-state index in [1.165, 1.54) is 19.3 Å². The Hall–Kier alpha value is -4.36. The standard InChI is InChI=1S/C63H102O12/c1-4-7-10-13-16-19-22-25-26-27-28-29-30-33-36-39-42-45-48-51-57(66)74-61-59(68)58(67)60(62(69)70)75-63(61)72-53-54(73-56(65)50-47-44-41-38-35-32-24-21-18-15-12-9-6-3)52-71-55(64)49-46-43-40-37-34-31-23-20-17-14-11-8-5-2/h8,11-12,15-17,19-21,24-26,28-29,31,34,54,58-61,63,67-68H,4-7,9-10,13-14,18,22-23,27,30,32-33,35-53H2,1-3H3,(H,69,70)/b11-8-,15-12-,19-16-,20-17-,24-21-,26-25-,29-28-,34-31-. The van der Waals surface area contributed by atoms with Crippen LogP contribution in [0, 0.1) is 0 Å². The lowest BCUT2D eigenvalue weighted by Gasteiger charge is -2.40. The summed E-state index contributed by atoms with van der Waals surface area (Å²) in [5.41, 5.74) is 0. The van der Waals surface area contributed by atoms with Gasteiger partial charge in [-0.05, 0) is 116 Å². The molecule has 0 aromatic heterocycles. The monoisotopic (exact) mass is 1050 g/mol. The topological polar surface area (TPSA) is 175 Å². The Labute approximate surface area is 453 Å². The van der Waals surface area contributed by atoms with Crippen LogP contribution in [-0.2, 0) is 42.9 Å². The lowest BCUT2D eigenvalue weighted by atomic mass is 9.98. The smallest absolute Gasteiger partial charge is 0.335 e. The van der Waals surface area contributed by atoms with E-state index in [-0.39, 0.29) is 25.9 Å². The molecule has 6 atom stereocenters. The van der Waals surface area contributed by atoms with E-state index >= 15 is 0 Å². The van der Waals surface area contributed by atoms with Gasteiger partial charge in [0.15, 0.2) is 24.6 Å². The summed E-state index contributed by atoms with van der Waals surface area (Å²) in [5, 5.41) is 31.5. The molecule has 0 radical (unpaired) electrons. The van der Waals surface area contributed by atoms with Gasteiger partial charge in [0.1, 0.15) is 18.8 Å². The highest BCUT2D eigenvalue weighted by molar-refractivity contribution is 5.74. The number of aliphatic hydroxyl groups is 2. The van der Waals surface area contributed by atoms with Gasteiger partial charge in [0.2, 0.25) is 0 Å². The van der Waals surface area contributed by atoms with Crippen LogP contribution in [0.5, 0.6) is 0 Å². The molecule has 0 amide bonds. The van der Waals surface area contributed by atoms with E-state index in [0.717, 1.165) is 148 Å². The molecular weight excluding hydrogens is 949 g/mol. The third-order valence-corrected chi connectivity index (χ3v) is 12.6. The van der Waals surface area contributed by atoms with Crippen LogP contribution in [0.15, 0.2) is 97.2 Å². The maximum atomic E-state index is 13.1. The van der Waals surface area contributed by atoms with E-state index in [9.17, 15) is 34.5 Å². The van der Waals surface area contributed by atoms with Crippen LogP contribution in [0.3, 0.4) is 0 Å². The zero-order chi connectivity index (χ0) is 54.7. The molecule has 1 aliphatic rings. The molecule has 1 fully saturated rings. The number of esters is 3. The number of unbranched alkanes of at least 4 members (excludes halogenated alkanes) is 18. The van der Waals surface area contributed by atoms with Crippen LogP contribution in [0.25, 0.3) is 0 Å². The molecule has 0 bridgehead atoms. The zero-order valence-electron chi connectivity index (χ0n) is 46.8. The summed E-state index contributed by atoms with van der Waals surface area (Å²) in [6.45, 7) is 5.73. The van der Waals surface area contributed by atoms with Crippen LogP contribution in [0.2, 0.25) is 0 Å².